The summed E-state index contributed by atoms with van der Waals surface area (Å²) >= 11 is 1.64. The van der Waals surface area contributed by atoms with Crippen molar-refractivity contribution >= 4 is 27.5 Å². The zero-order valence-electron chi connectivity index (χ0n) is 14.1. The van der Waals surface area contributed by atoms with Gasteiger partial charge in [0, 0.05) is 19.2 Å². The third-order valence-electron chi connectivity index (χ3n) is 3.35. The molecule has 1 amide bonds. The molecule has 1 aromatic carbocycles. The average Bonchev–Trinajstić information content (AvgIpc) is 3.21. The number of thiazole rings is 1. The maximum absolute atomic E-state index is 11.9. The van der Waals surface area contributed by atoms with Crippen molar-refractivity contribution in [3.05, 3.63) is 41.1 Å². The third-order valence-corrected chi connectivity index (χ3v) is 4.30. The minimum Gasteiger partial charge on any atom is -0.484 e. The molecular weight excluding hydrogens is 342 g/mol. The fourth-order valence-electron chi connectivity index (χ4n) is 2.21. The lowest BCUT2D eigenvalue weighted by atomic mass is 10.3. The number of nitrogens with one attached hydrogen (secondary N) is 1. The first kappa shape index (κ1) is 17.4. The van der Waals surface area contributed by atoms with Crippen LogP contribution in [-0.2, 0) is 11.3 Å². The van der Waals surface area contributed by atoms with Gasteiger partial charge < -0.3 is 19.2 Å². The van der Waals surface area contributed by atoms with Gasteiger partial charge in [-0.05, 0) is 26.0 Å². The second kappa shape index (κ2) is 8.09. The largest absolute Gasteiger partial charge is 0.484 e. The lowest BCUT2D eigenvalue weighted by Crippen LogP contribution is -2.27. The Kier molecular flexibility index (Phi) is 5.62. The molecule has 3 aromatic rings. The van der Waals surface area contributed by atoms with Gasteiger partial charge in [0.2, 0.25) is 5.89 Å². The van der Waals surface area contributed by atoms with E-state index in [4.69, 9.17) is 13.9 Å². The molecule has 2 aromatic heterocycles. The molecule has 3 rings (SSSR count). The fraction of sp³-hybridized carbons (Fsp3) is 0.353. The van der Waals surface area contributed by atoms with E-state index in [0.29, 0.717) is 31.4 Å². The van der Waals surface area contributed by atoms with E-state index in [1.54, 1.807) is 11.3 Å². The number of carbonyl (C=O) groups excluding carboxylic acids is 1. The molecule has 0 aliphatic heterocycles. The number of ether oxygens (including phenoxy) is 2. The first-order chi connectivity index (χ1) is 12.2. The van der Waals surface area contributed by atoms with E-state index in [-0.39, 0.29) is 18.2 Å². The van der Waals surface area contributed by atoms with Crippen LogP contribution in [0, 0.1) is 6.92 Å². The SMILES string of the molecule is CCOCCNC(=O)c1coc(COc2ccc3sc(C)nc3c2)n1. The number of amides is 1. The Morgan fingerprint density at radius 3 is 3.08 bits per heavy atom. The summed E-state index contributed by atoms with van der Waals surface area (Å²) in [6, 6.07) is 5.73. The number of oxazole rings is 1. The topological polar surface area (TPSA) is 86.5 Å². The molecule has 1 N–H and O–H groups in total. The summed E-state index contributed by atoms with van der Waals surface area (Å²) in [5, 5.41) is 3.72. The highest BCUT2D eigenvalue weighted by molar-refractivity contribution is 7.18. The zero-order valence-corrected chi connectivity index (χ0v) is 14.9. The Bertz CT molecular complexity index is 859. The summed E-state index contributed by atoms with van der Waals surface area (Å²) in [7, 11) is 0. The van der Waals surface area contributed by atoms with Gasteiger partial charge in [-0.25, -0.2) is 9.97 Å². The van der Waals surface area contributed by atoms with Gasteiger partial charge in [-0.1, -0.05) is 0 Å². The molecule has 2 heterocycles. The average molecular weight is 361 g/mol. The highest BCUT2D eigenvalue weighted by Crippen LogP contribution is 2.25. The van der Waals surface area contributed by atoms with Crippen molar-refractivity contribution in [1.82, 2.24) is 15.3 Å². The first-order valence-corrected chi connectivity index (χ1v) is 8.77. The number of benzene rings is 1. The minimum absolute atomic E-state index is 0.140. The van der Waals surface area contributed by atoms with Gasteiger partial charge in [0.15, 0.2) is 12.3 Å². The summed E-state index contributed by atoms with van der Waals surface area (Å²) in [6.45, 7) is 5.53. The first-order valence-electron chi connectivity index (χ1n) is 7.96. The predicted octanol–water partition coefficient (Wildman–Crippen LogP) is 2.94. The van der Waals surface area contributed by atoms with Crippen molar-refractivity contribution in [2.75, 3.05) is 19.8 Å². The molecule has 132 valence electrons. The van der Waals surface area contributed by atoms with Crippen LogP contribution in [0.1, 0.15) is 28.3 Å². The van der Waals surface area contributed by atoms with Crippen LogP contribution < -0.4 is 10.1 Å². The molecule has 0 saturated heterocycles. The highest BCUT2D eigenvalue weighted by Gasteiger charge is 2.12. The van der Waals surface area contributed by atoms with Crippen LogP contribution in [-0.4, -0.2) is 35.6 Å². The number of nitrogens with zero attached hydrogens (tertiary/aromatic N) is 2. The smallest absolute Gasteiger partial charge is 0.273 e. The van der Waals surface area contributed by atoms with E-state index in [1.165, 1.54) is 6.26 Å². The highest BCUT2D eigenvalue weighted by atomic mass is 32.1. The third kappa shape index (κ3) is 4.55. The van der Waals surface area contributed by atoms with Crippen LogP contribution in [0.3, 0.4) is 0 Å². The van der Waals surface area contributed by atoms with Crippen LogP contribution in [0.5, 0.6) is 5.75 Å². The molecule has 8 heteroatoms. The van der Waals surface area contributed by atoms with Crippen LogP contribution in [0.2, 0.25) is 0 Å². The molecule has 0 aliphatic rings. The van der Waals surface area contributed by atoms with E-state index in [0.717, 1.165) is 15.2 Å². The number of rotatable bonds is 8. The van der Waals surface area contributed by atoms with E-state index < -0.39 is 0 Å². The maximum Gasteiger partial charge on any atom is 0.273 e. The van der Waals surface area contributed by atoms with Crippen molar-refractivity contribution in [3.8, 4) is 5.75 Å². The number of hydrogen-bond donors (Lipinski definition) is 1. The van der Waals surface area contributed by atoms with Crippen LogP contribution in [0.15, 0.2) is 28.9 Å². The van der Waals surface area contributed by atoms with Crippen molar-refractivity contribution in [3.63, 3.8) is 0 Å². The van der Waals surface area contributed by atoms with Gasteiger partial charge in [-0.2, -0.15) is 0 Å². The van der Waals surface area contributed by atoms with Gasteiger partial charge in [0.25, 0.3) is 5.91 Å². The van der Waals surface area contributed by atoms with Gasteiger partial charge >= 0.3 is 0 Å². The monoisotopic (exact) mass is 361 g/mol. The number of fused-ring (bicyclic) bond motifs is 1. The number of carbonyl (C=O) groups is 1. The van der Waals surface area contributed by atoms with Gasteiger partial charge in [-0.15, -0.1) is 11.3 Å². The van der Waals surface area contributed by atoms with E-state index in [2.05, 4.69) is 15.3 Å². The second-order valence-corrected chi connectivity index (χ2v) is 6.47. The van der Waals surface area contributed by atoms with E-state index in [9.17, 15) is 4.79 Å². The standard InChI is InChI=1S/C17H19N3O4S/c1-3-22-7-6-18-17(21)14-9-24-16(20-14)10-23-12-4-5-15-13(8-12)19-11(2)25-15/h4-5,8-9H,3,6-7,10H2,1-2H3,(H,18,21). The van der Waals surface area contributed by atoms with Crippen molar-refractivity contribution in [2.45, 2.75) is 20.5 Å². The number of hydrogen-bond acceptors (Lipinski definition) is 7. The molecule has 0 saturated carbocycles. The summed E-state index contributed by atoms with van der Waals surface area (Å²) in [5.74, 6) is 0.720. The molecule has 0 spiro atoms. The lowest BCUT2D eigenvalue weighted by Gasteiger charge is -2.03. The maximum atomic E-state index is 11.9. The molecule has 0 unspecified atom stereocenters. The zero-order chi connectivity index (χ0) is 17.6. The summed E-state index contributed by atoms with van der Waals surface area (Å²) < 4.78 is 17.2. The Labute approximate surface area is 149 Å². The minimum atomic E-state index is -0.297. The molecule has 0 bridgehead atoms. The molecule has 0 radical (unpaired) electrons. The molecule has 0 atom stereocenters. The predicted molar refractivity (Wildman–Crippen MR) is 94.0 cm³/mol. The van der Waals surface area contributed by atoms with Crippen LogP contribution in [0.25, 0.3) is 10.2 Å². The fourth-order valence-corrected chi connectivity index (χ4v) is 3.02. The molecule has 0 fully saturated rings. The van der Waals surface area contributed by atoms with Gasteiger partial charge in [-0.3, -0.25) is 4.79 Å². The molecule has 25 heavy (non-hydrogen) atoms. The van der Waals surface area contributed by atoms with Gasteiger partial charge in [0.1, 0.15) is 12.0 Å². The van der Waals surface area contributed by atoms with Crippen LogP contribution >= 0.6 is 11.3 Å². The normalized spacial score (nSPS) is 11.0. The van der Waals surface area contributed by atoms with E-state index in [1.807, 2.05) is 32.0 Å². The Morgan fingerprint density at radius 2 is 2.24 bits per heavy atom. The molecule has 0 aliphatic carbocycles. The van der Waals surface area contributed by atoms with Crippen molar-refractivity contribution in [1.29, 1.82) is 0 Å². The lowest BCUT2D eigenvalue weighted by molar-refractivity contribution is 0.0917. The summed E-state index contributed by atoms with van der Waals surface area (Å²) in [4.78, 5) is 20.5. The quantitative estimate of drug-likeness (QED) is 0.621. The van der Waals surface area contributed by atoms with E-state index >= 15 is 0 Å². The van der Waals surface area contributed by atoms with Crippen LogP contribution in [0.4, 0.5) is 0 Å². The Hall–Kier alpha value is -2.45. The number of aromatic nitrogens is 2. The van der Waals surface area contributed by atoms with Crippen molar-refractivity contribution < 1.29 is 18.7 Å². The van der Waals surface area contributed by atoms with Gasteiger partial charge in [0.05, 0.1) is 21.8 Å². The molecule has 7 nitrogen and oxygen atoms in total. The summed E-state index contributed by atoms with van der Waals surface area (Å²) in [5.41, 5.74) is 1.13. The number of aryl methyl sites for hydroxylation is 1. The summed E-state index contributed by atoms with van der Waals surface area (Å²) in [6.07, 6.45) is 1.32. The van der Waals surface area contributed by atoms with Crippen molar-refractivity contribution in [2.24, 2.45) is 0 Å². The Morgan fingerprint density at radius 1 is 1.36 bits per heavy atom. The molecular formula is C17H19N3O4S. The Balaban J connectivity index is 1.54. The second-order valence-electron chi connectivity index (χ2n) is 5.23.